The van der Waals surface area contributed by atoms with Gasteiger partial charge in [-0.25, -0.2) is 0 Å². The first-order chi connectivity index (χ1) is 5.72. The quantitative estimate of drug-likeness (QED) is 0.674. The molecule has 0 amide bonds. The molecule has 0 spiro atoms. The first-order valence-electron chi connectivity index (χ1n) is 4.15. The topological polar surface area (TPSA) is 20.2 Å². The van der Waals surface area contributed by atoms with Crippen LogP contribution in [-0.4, -0.2) is 5.11 Å². The molecule has 0 unspecified atom stereocenters. The number of rotatable bonds is 1. The number of allylic oxidation sites excluding steroid dienone is 1. The molecule has 12 heavy (non-hydrogen) atoms. The number of hydrogen-bond donors (Lipinski definition) is 1. The fourth-order valence-corrected chi connectivity index (χ4v) is 0.835. The van der Waals surface area contributed by atoms with Gasteiger partial charge in [0.05, 0.1) is 0 Å². The van der Waals surface area contributed by atoms with Crippen LogP contribution in [0.4, 0.5) is 0 Å². The lowest BCUT2D eigenvalue weighted by Crippen LogP contribution is -1.76. The Morgan fingerprint density at radius 3 is 2.08 bits per heavy atom. The molecule has 1 nitrogen and oxygen atoms in total. The molecule has 0 aliphatic heterocycles. The zero-order valence-electron chi connectivity index (χ0n) is 7.96. The molecule has 1 heteroatoms. The molecule has 0 bridgehead atoms. The Morgan fingerprint density at radius 1 is 1.25 bits per heavy atom. The summed E-state index contributed by atoms with van der Waals surface area (Å²) in [6.07, 6.45) is 0. The lowest BCUT2D eigenvalue weighted by Gasteiger charge is -2.00. The molecule has 1 aromatic rings. The summed E-state index contributed by atoms with van der Waals surface area (Å²) in [5.41, 5.74) is 1.71. The zero-order valence-corrected chi connectivity index (χ0v) is 7.96. The molecular formula is C11H16O. The maximum atomic E-state index is 9.22. The summed E-state index contributed by atoms with van der Waals surface area (Å²) >= 11 is 0. The summed E-state index contributed by atoms with van der Waals surface area (Å²) in [5, 5.41) is 9.22. The molecule has 0 saturated heterocycles. The van der Waals surface area contributed by atoms with Crippen molar-refractivity contribution in [3.63, 3.8) is 0 Å². The summed E-state index contributed by atoms with van der Waals surface area (Å²) < 4.78 is 0. The Bertz CT molecular complexity index is 251. The minimum absolute atomic E-state index is 0.301. The number of hydrogen-bond acceptors (Lipinski definition) is 1. The van der Waals surface area contributed by atoms with Crippen LogP contribution < -0.4 is 0 Å². The Hall–Kier alpha value is -1.24. The van der Waals surface area contributed by atoms with E-state index in [0.29, 0.717) is 5.75 Å². The van der Waals surface area contributed by atoms with Crippen LogP contribution in [0.25, 0.3) is 5.57 Å². The van der Waals surface area contributed by atoms with Gasteiger partial charge in [-0.15, -0.1) is 0 Å². The third-order valence-electron chi connectivity index (χ3n) is 1.36. The highest BCUT2D eigenvalue weighted by Gasteiger charge is 1.96. The van der Waals surface area contributed by atoms with Gasteiger partial charge in [0.25, 0.3) is 0 Å². The van der Waals surface area contributed by atoms with E-state index >= 15 is 0 Å². The van der Waals surface area contributed by atoms with Gasteiger partial charge in [0.15, 0.2) is 0 Å². The standard InChI is InChI=1S/C9H10O.C2H6/c1-7(2)8-5-3-4-6-9(8)10;1-2/h3-6,10H,1H2,2H3;1-2H3. The van der Waals surface area contributed by atoms with Crippen LogP contribution >= 0.6 is 0 Å². The van der Waals surface area contributed by atoms with Crippen molar-refractivity contribution in [2.75, 3.05) is 0 Å². The van der Waals surface area contributed by atoms with Crippen molar-refractivity contribution in [1.82, 2.24) is 0 Å². The van der Waals surface area contributed by atoms with Crippen molar-refractivity contribution in [2.45, 2.75) is 20.8 Å². The van der Waals surface area contributed by atoms with Gasteiger partial charge in [0.2, 0.25) is 0 Å². The molecule has 0 radical (unpaired) electrons. The van der Waals surface area contributed by atoms with E-state index in [1.807, 2.05) is 32.9 Å². The molecule has 0 saturated carbocycles. The van der Waals surface area contributed by atoms with E-state index < -0.39 is 0 Å². The average molecular weight is 164 g/mol. The van der Waals surface area contributed by atoms with E-state index in [-0.39, 0.29) is 0 Å². The Kier molecular flexibility index (Phi) is 4.86. The minimum atomic E-state index is 0.301. The van der Waals surface area contributed by atoms with Crippen LogP contribution in [0.15, 0.2) is 30.8 Å². The summed E-state index contributed by atoms with van der Waals surface area (Å²) in [6, 6.07) is 7.17. The van der Waals surface area contributed by atoms with Gasteiger partial charge in [-0.3, -0.25) is 0 Å². The Labute approximate surface area is 74.4 Å². The monoisotopic (exact) mass is 164 g/mol. The predicted octanol–water partition coefficient (Wildman–Crippen LogP) is 3.45. The molecule has 1 rings (SSSR count). The average Bonchev–Trinajstić information content (AvgIpc) is 2.08. The highest BCUT2D eigenvalue weighted by Crippen LogP contribution is 2.21. The maximum Gasteiger partial charge on any atom is 0.123 e. The fraction of sp³-hybridized carbons (Fsp3) is 0.273. The minimum Gasteiger partial charge on any atom is -0.507 e. The molecule has 0 aliphatic rings. The summed E-state index contributed by atoms with van der Waals surface area (Å²) in [6.45, 7) is 9.60. The molecular weight excluding hydrogens is 148 g/mol. The van der Waals surface area contributed by atoms with Gasteiger partial charge in [-0.1, -0.05) is 38.6 Å². The normalized spacial score (nSPS) is 8.25. The second kappa shape index (κ2) is 5.42. The van der Waals surface area contributed by atoms with Crippen molar-refractivity contribution in [2.24, 2.45) is 0 Å². The first kappa shape index (κ1) is 10.8. The molecule has 0 heterocycles. The smallest absolute Gasteiger partial charge is 0.123 e. The highest BCUT2D eigenvalue weighted by atomic mass is 16.3. The van der Waals surface area contributed by atoms with Crippen LogP contribution in [0.2, 0.25) is 0 Å². The fourth-order valence-electron chi connectivity index (χ4n) is 0.835. The van der Waals surface area contributed by atoms with Crippen molar-refractivity contribution >= 4 is 5.57 Å². The lowest BCUT2D eigenvalue weighted by atomic mass is 10.1. The summed E-state index contributed by atoms with van der Waals surface area (Å²) in [5.74, 6) is 0.301. The number of aromatic hydroxyl groups is 1. The highest BCUT2D eigenvalue weighted by molar-refractivity contribution is 5.66. The van der Waals surface area contributed by atoms with Gasteiger partial charge < -0.3 is 5.11 Å². The van der Waals surface area contributed by atoms with Gasteiger partial charge in [0.1, 0.15) is 5.75 Å². The third kappa shape index (κ3) is 2.79. The number of phenolic OH excluding ortho intramolecular Hbond substituents is 1. The molecule has 1 aromatic carbocycles. The first-order valence-corrected chi connectivity index (χ1v) is 4.15. The van der Waals surface area contributed by atoms with Crippen LogP contribution in [0, 0.1) is 0 Å². The maximum absolute atomic E-state index is 9.22. The second-order valence-corrected chi connectivity index (χ2v) is 2.30. The zero-order chi connectivity index (χ0) is 9.56. The van der Waals surface area contributed by atoms with Gasteiger partial charge in [-0.05, 0) is 18.6 Å². The van der Waals surface area contributed by atoms with E-state index in [2.05, 4.69) is 6.58 Å². The van der Waals surface area contributed by atoms with Crippen LogP contribution in [0.1, 0.15) is 26.3 Å². The van der Waals surface area contributed by atoms with Gasteiger partial charge in [0, 0.05) is 5.56 Å². The lowest BCUT2D eigenvalue weighted by molar-refractivity contribution is 0.473. The van der Waals surface area contributed by atoms with E-state index in [9.17, 15) is 5.11 Å². The van der Waals surface area contributed by atoms with Gasteiger partial charge >= 0.3 is 0 Å². The van der Waals surface area contributed by atoms with Crippen LogP contribution in [0.3, 0.4) is 0 Å². The number of benzene rings is 1. The van der Waals surface area contributed by atoms with Gasteiger partial charge in [-0.2, -0.15) is 0 Å². The van der Waals surface area contributed by atoms with E-state index in [1.54, 1.807) is 12.1 Å². The van der Waals surface area contributed by atoms with Crippen LogP contribution in [-0.2, 0) is 0 Å². The summed E-state index contributed by atoms with van der Waals surface area (Å²) in [7, 11) is 0. The Balaban J connectivity index is 0.000000561. The predicted molar refractivity (Wildman–Crippen MR) is 54.2 cm³/mol. The van der Waals surface area contributed by atoms with E-state index in [4.69, 9.17) is 0 Å². The van der Waals surface area contributed by atoms with Crippen molar-refractivity contribution in [3.05, 3.63) is 36.4 Å². The van der Waals surface area contributed by atoms with Crippen molar-refractivity contribution in [1.29, 1.82) is 0 Å². The van der Waals surface area contributed by atoms with E-state index in [1.165, 1.54) is 0 Å². The molecule has 0 fully saturated rings. The second-order valence-electron chi connectivity index (χ2n) is 2.30. The Morgan fingerprint density at radius 2 is 1.75 bits per heavy atom. The number of para-hydroxylation sites is 1. The molecule has 1 N–H and O–H groups in total. The molecule has 0 atom stereocenters. The molecule has 0 aliphatic carbocycles. The van der Waals surface area contributed by atoms with E-state index in [0.717, 1.165) is 11.1 Å². The molecule has 66 valence electrons. The number of phenols is 1. The third-order valence-corrected chi connectivity index (χ3v) is 1.36. The van der Waals surface area contributed by atoms with Crippen LogP contribution in [0.5, 0.6) is 5.75 Å². The SMILES string of the molecule is C=C(C)c1ccccc1O.CC. The van der Waals surface area contributed by atoms with Crippen molar-refractivity contribution in [3.8, 4) is 5.75 Å². The van der Waals surface area contributed by atoms with Crippen molar-refractivity contribution < 1.29 is 5.11 Å². The molecule has 0 aromatic heterocycles. The largest absolute Gasteiger partial charge is 0.507 e. The summed E-state index contributed by atoms with van der Waals surface area (Å²) in [4.78, 5) is 0.